The summed E-state index contributed by atoms with van der Waals surface area (Å²) in [4.78, 5) is 7.53. The van der Waals surface area contributed by atoms with E-state index in [2.05, 4.69) is 46.2 Å². The first-order valence-electron chi connectivity index (χ1n) is 12.3. The zero-order chi connectivity index (χ0) is 22.8. The summed E-state index contributed by atoms with van der Waals surface area (Å²) in [5.74, 6) is 0. The Morgan fingerprint density at radius 2 is 1.48 bits per heavy atom. The Hall–Kier alpha value is -1.38. The molecule has 33 heavy (non-hydrogen) atoms. The van der Waals surface area contributed by atoms with Gasteiger partial charge in [0.05, 0.1) is 5.25 Å². The zero-order valence-electron chi connectivity index (χ0n) is 19.6. The molecule has 2 saturated heterocycles. The van der Waals surface area contributed by atoms with Gasteiger partial charge < -0.3 is 4.90 Å². The molecule has 3 heterocycles. The van der Waals surface area contributed by atoms with E-state index in [9.17, 15) is 8.42 Å². The van der Waals surface area contributed by atoms with Crippen molar-refractivity contribution < 1.29 is 8.42 Å². The molecular weight excluding hydrogens is 450 g/mol. The Labute approximate surface area is 203 Å². The lowest BCUT2D eigenvalue weighted by Gasteiger charge is -2.37. The van der Waals surface area contributed by atoms with Gasteiger partial charge in [-0.15, -0.1) is 0 Å². The lowest BCUT2D eigenvalue weighted by molar-refractivity contribution is 0.148. The molecule has 0 bridgehead atoms. The fraction of sp³-hybridized carbons (Fsp3) is 0.538. The van der Waals surface area contributed by atoms with E-state index in [0.717, 1.165) is 38.2 Å². The third-order valence-corrected chi connectivity index (χ3v) is 10.9. The normalized spacial score (nSPS) is 21.4. The van der Waals surface area contributed by atoms with Gasteiger partial charge in [-0.1, -0.05) is 48.5 Å². The first-order valence-corrected chi connectivity index (χ1v) is 14.6. The quantitative estimate of drug-likeness (QED) is 0.523. The van der Waals surface area contributed by atoms with Gasteiger partial charge in [-0.25, -0.2) is 8.42 Å². The van der Waals surface area contributed by atoms with Crippen LogP contribution in [0.2, 0.25) is 0 Å². The number of sulfonamides is 1. The highest BCUT2D eigenvalue weighted by molar-refractivity contribution is 7.99. The second kappa shape index (κ2) is 10.1. The van der Waals surface area contributed by atoms with E-state index in [1.807, 2.05) is 13.0 Å². The fourth-order valence-electron chi connectivity index (χ4n) is 5.23. The number of likely N-dealkylation sites (tertiary alicyclic amines) is 1. The van der Waals surface area contributed by atoms with E-state index in [1.54, 1.807) is 16.1 Å². The smallest absolute Gasteiger partial charge is 0.220 e. The molecule has 2 aromatic rings. The highest BCUT2D eigenvalue weighted by Gasteiger charge is 2.33. The lowest BCUT2D eigenvalue weighted by Crippen LogP contribution is -2.51. The van der Waals surface area contributed by atoms with Crippen LogP contribution in [0, 0.1) is 0 Å². The molecule has 5 rings (SSSR count). The predicted octanol–water partition coefficient (Wildman–Crippen LogP) is 4.24. The molecule has 2 fully saturated rings. The average molecular weight is 486 g/mol. The number of piperidine rings is 1. The molecule has 1 atom stereocenters. The van der Waals surface area contributed by atoms with E-state index in [-0.39, 0.29) is 0 Å². The van der Waals surface area contributed by atoms with Gasteiger partial charge in [-0.2, -0.15) is 4.31 Å². The van der Waals surface area contributed by atoms with E-state index in [4.69, 9.17) is 0 Å². The maximum Gasteiger partial charge on any atom is 0.220 e. The molecule has 0 aliphatic carbocycles. The molecule has 0 spiro atoms. The highest BCUT2D eigenvalue weighted by Crippen LogP contribution is 2.41. The molecule has 0 N–H and O–H groups in total. The van der Waals surface area contributed by atoms with Crippen molar-refractivity contribution in [1.29, 1.82) is 0 Å². The van der Waals surface area contributed by atoms with Crippen molar-refractivity contribution in [3.63, 3.8) is 0 Å². The van der Waals surface area contributed by atoms with Gasteiger partial charge in [-0.05, 0) is 68.1 Å². The number of rotatable bonds is 6. The molecule has 1 unspecified atom stereocenters. The average Bonchev–Trinajstić information content (AvgIpc) is 2.86. The van der Waals surface area contributed by atoms with Crippen LogP contribution >= 0.6 is 11.8 Å². The number of nitrogens with zero attached hydrogens (tertiary/aromatic N) is 3. The molecule has 3 aliphatic rings. The predicted molar refractivity (Wildman–Crippen MR) is 135 cm³/mol. The van der Waals surface area contributed by atoms with Crippen molar-refractivity contribution in [2.24, 2.45) is 0 Å². The van der Waals surface area contributed by atoms with Crippen LogP contribution < -0.4 is 0 Å². The fourth-order valence-corrected chi connectivity index (χ4v) is 7.90. The third kappa shape index (κ3) is 5.17. The van der Waals surface area contributed by atoms with Gasteiger partial charge in [0.2, 0.25) is 10.0 Å². The van der Waals surface area contributed by atoms with Crippen LogP contribution in [0.4, 0.5) is 0 Å². The summed E-state index contributed by atoms with van der Waals surface area (Å²) >= 11 is 1.78. The Balaban J connectivity index is 1.20. The second-order valence-electron chi connectivity index (χ2n) is 9.58. The molecule has 7 heteroatoms. The molecule has 2 aromatic carbocycles. The Morgan fingerprint density at radius 1 is 0.818 bits per heavy atom. The molecule has 5 nitrogen and oxygen atoms in total. The molecule has 3 aliphatic heterocycles. The summed E-state index contributed by atoms with van der Waals surface area (Å²) in [6.45, 7) is 9.31. The van der Waals surface area contributed by atoms with Crippen molar-refractivity contribution in [1.82, 2.24) is 14.1 Å². The van der Waals surface area contributed by atoms with Crippen LogP contribution in [0.1, 0.15) is 48.1 Å². The molecule has 178 valence electrons. The van der Waals surface area contributed by atoms with E-state index >= 15 is 0 Å². The van der Waals surface area contributed by atoms with E-state index in [1.165, 1.54) is 53.3 Å². The summed E-state index contributed by atoms with van der Waals surface area (Å²) in [6.07, 6.45) is 4.87. The van der Waals surface area contributed by atoms with Gasteiger partial charge in [0.25, 0.3) is 0 Å². The van der Waals surface area contributed by atoms with Crippen molar-refractivity contribution >= 4 is 21.8 Å². The lowest BCUT2D eigenvalue weighted by atomic mass is 10.0. The standard InChI is InChI=1S/C26H35N3O2S2/c1-21(22-9-10-26-24(19-22)20-23-7-3-4-8-25(23)32-26)33(30,31)29-17-15-28(16-18-29)14-13-27-11-5-2-6-12-27/h3-4,7-10,19,21H,2,5-6,11-18,20H2,1H3. The number of hydrogen-bond donors (Lipinski definition) is 0. The Morgan fingerprint density at radius 3 is 2.24 bits per heavy atom. The minimum Gasteiger partial charge on any atom is -0.302 e. The first kappa shape index (κ1) is 23.4. The van der Waals surface area contributed by atoms with Gasteiger partial charge in [0, 0.05) is 49.1 Å². The Bertz CT molecular complexity index is 1070. The topological polar surface area (TPSA) is 43.9 Å². The van der Waals surface area contributed by atoms with Crippen molar-refractivity contribution in [2.75, 3.05) is 52.4 Å². The minimum atomic E-state index is -3.37. The van der Waals surface area contributed by atoms with Crippen molar-refractivity contribution in [2.45, 2.75) is 47.6 Å². The summed E-state index contributed by atoms with van der Waals surface area (Å²) in [5.41, 5.74) is 3.46. The summed E-state index contributed by atoms with van der Waals surface area (Å²) < 4.78 is 28.6. The van der Waals surface area contributed by atoms with E-state index in [0.29, 0.717) is 13.1 Å². The van der Waals surface area contributed by atoms with Gasteiger partial charge in [0.15, 0.2) is 0 Å². The molecule has 0 saturated carbocycles. The van der Waals surface area contributed by atoms with Crippen LogP contribution in [-0.2, 0) is 16.4 Å². The minimum absolute atomic E-state index is 0.523. The maximum atomic E-state index is 13.5. The van der Waals surface area contributed by atoms with Gasteiger partial charge in [0.1, 0.15) is 0 Å². The van der Waals surface area contributed by atoms with Gasteiger partial charge >= 0.3 is 0 Å². The van der Waals surface area contributed by atoms with Crippen LogP contribution in [-0.4, -0.2) is 74.9 Å². The van der Waals surface area contributed by atoms with Gasteiger partial charge in [-0.3, -0.25) is 4.90 Å². The monoisotopic (exact) mass is 485 g/mol. The maximum absolute atomic E-state index is 13.5. The van der Waals surface area contributed by atoms with Crippen LogP contribution in [0.3, 0.4) is 0 Å². The summed E-state index contributed by atoms with van der Waals surface area (Å²) in [6, 6.07) is 14.7. The van der Waals surface area contributed by atoms with Crippen LogP contribution in [0.5, 0.6) is 0 Å². The highest BCUT2D eigenvalue weighted by atomic mass is 32.2. The molecule has 0 amide bonds. The summed E-state index contributed by atoms with van der Waals surface area (Å²) in [7, 11) is -3.37. The number of benzene rings is 2. The molecule has 0 aromatic heterocycles. The Kier molecular flexibility index (Phi) is 7.14. The number of hydrogen-bond acceptors (Lipinski definition) is 5. The largest absolute Gasteiger partial charge is 0.302 e. The van der Waals surface area contributed by atoms with Crippen LogP contribution in [0.15, 0.2) is 52.3 Å². The van der Waals surface area contributed by atoms with Crippen LogP contribution in [0.25, 0.3) is 0 Å². The van der Waals surface area contributed by atoms with Crippen molar-refractivity contribution in [3.05, 3.63) is 59.2 Å². The molecular formula is C26H35N3O2S2. The number of piperazine rings is 1. The second-order valence-corrected chi connectivity index (χ2v) is 12.9. The molecule has 0 radical (unpaired) electrons. The third-order valence-electron chi connectivity index (χ3n) is 7.45. The SMILES string of the molecule is CC(c1ccc2c(c1)Cc1ccccc1S2)S(=O)(=O)N1CCN(CCN2CCCCC2)CC1. The first-order chi connectivity index (χ1) is 16.0. The number of fused-ring (bicyclic) bond motifs is 2. The van der Waals surface area contributed by atoms with E-state index < -0.39 is 15.3 Å². The van der Waals surface area contributed by atoms with Crippen molar-refractivity contribution in [3.8, 4) is 0 Å². The summed E-state index contributed by atoms with van der Waals surface area (Å²) in [5, 5.41) is -0.523. The zero-order valence-corrected chi connectivity index (χ0v) is 21.2.